The molecule has 1 aliphatic heterocycles. The van der Waals surface area contributed by atoms with Crippen LogP contribution in [0, 0.1) is 0 Å². The highest BCUT2D eigenvalue weighted by atomic mass is 16.5. The van der Waals surface area contributed by atoms with Gasteiger partial charge in [0.2, 0.25) is 0 Å². The topological polar surface area (TPSA) is 57.6 Å². The fraction of sp³-hybridized carbons (Fsp3) is 0.688. The third-order valence-corrected chi connectivity index (χ3v) is 3.57. The Balaban J connectivity index is 2.00. The van der Waals surface area contributed by atoms with E-state index in [1.165, 1.54) is 5.56 Å². The molecule has 0 saturated carbocycles. The van der Waals surface area contributed by atoms with E-state index in [-0.39, 0.29) is 18.3 Å². The second kappa shape index (κ2) is 7.20. The third kappa shape index (κ3) is 4.66. The fourth-order valence-corrected chi connectivity index (χ4v) is 2.68. The second-order valence-electron chi connectivity index (χ2n) is 6.26. The average Bonchev–Trinajstić information content (AvgIpc) is 2.46. The Labute approximate surface area is 127 Å². The molecule has 2 heterocycles. The lowest BCUT2D eigenvalue weighted by Crippen LogP contribution is -2.54. The first-order valence-electron chi connectivity index (χ1n) is 7.73. The quantitative estimate of drug-likeness (QED) is 0.780. The van der Waals surface area contributed by atoms with Crippen LogP contribution in [0.15, 0.2) is 18.3 Å². The molecule has 1 aromatic rings. The Hall–Kier alpha value is -1.17. The minimum atomic E-state index is -0.269. The molecule has 5 heteroatoms. The van der Waals surface area contributed by atoms with Gasteiger partial charge in [-0.15, -0.1) is 0 Å². The third-order valence-electron chi connectivity index (χ3n) is 3.57. The molecular weight excluding hydrogens is 266 g/mol. The predicted molar refractivity (Wildman–Crippen MR) is 84.5 cm³/mol. The first-order chi connectivity index (χ1) is 10.0. The fourth-order valence-electron chi connectivity index (χ4n) is 2.68. The summed E-state index contributed by atoms with van der Waals surface area (Å²) in [7, 11) is 0. The molecule has 1 atom stereocenters. The van der Waals surface area contributed by atoms with E-state index in [1.807, 2.05) is 20.0 Å². The smallest absolute Gasteiger partial charge is 0.128 e. The second-order valence-corrected chi connectivity index (χ2v) is 6.26. The zero-order chi connectivity index (χ0) is 15.3. The maximum Gasteiger partial charge on any atom is 0.128 e. The number of pyridine rings is 1. The highest BCUT2D eigenvalue weighted by molar-refractivity contribution is 5.40. The summed E-state index contributed by atoms with van der Waals surface area (Å²) in [5.41, 5.74) is 0.924. The molecular formula is C16H27N3O2. The molecule has 1 aliphatic rings. The predicted octanol–water partition coefficient (Wildman–Crippen LogP) is 1.56. The van der Waals surface area contributed by atoms with Crippen LogP contribution in [0.3, 0.4) is 0 Å². The van der Waals surface area contributed by atoms with Gasteiger partial charge in [0.1, 0.15) is 5.82 Å². The number of aliphatic hydroxyl groups excluding tert-OH is 1. The summed E-state index contributed by atoms with van der Waals surface area (Å²) >= 11 is 0. The van der Waals surface area contributed by atoms with Gasteiger partial charge in [0.05, 0.1) is 18.3 Å². The van der Waals surface area contributed by atoms with E-state index >= 15 is 0 Å². The maximum absolute atomic E-state index is 9.37. The van der Waals surface area contributed by atoms with Crippen molar-refractivity contribution in [2.24, 2.45) is 0 Å². The van der Waals surface area contributed by atoms with Crippen LogP contribution in [0.2, 0.25) is 0 Å². The lowest BCUT2D eigenvalue weighted by molar-refractivity contribution is -0.101. The highest BCUT2D eigenvalue weighted by Gasteiger charge is 2.33. The first-order valence-corrected chi connectivity index (χ1v) is 7.73. The number of anilines is 1. The van der Waals surface area contributed by atoms with Crippen LogP contribution < -0.4 is 10.2 Å². The molecule has 1 aromatic heterocycles. The standard InChI is InChI=1S/C16H27N3O2/c1-4-7-17-8-13-5-6-15(18-9-13)19-10-14(11-20)21-16(2,3)12-19/h5-6,9,14,17,20H,4,7-8,10-12H2,1-3H3. The molecule has 0 radical (unpaired) electrons. The minimum absolute atomic E-state index is 0.0406. The molecule has 0 aliphatic carbocycles. The number of hydrogen-bond donors (Lipinski definition) is 2. The first kappa shape index (κ1) is 16.2. The van der Waals surface area contributed by atoms with Gasteiger partial charge in [0.15, 0.2) is 0 Å². The van der Waals surface area contributed by atoms with Gasteiger partial charge in [-0.25, -0.2) is 4.98 Å². The van der Waals surface area contributed by atoms with Gasteiger partial charge < -0.3 is 20.1 Å². The van der Waals surface area contributed by atoms with Crippen LogP contribution in [0.5, 0.6) is 0 Å². The molecule has 21 heavy (non-hydrogen) atoms. The van der Waals surface area contributed by atoms with Gasteiger partial charge in [-0.2, -0.15) is 0 Å². The molecule has 0 aromatic carbocycles. The van der Waals surface area contributed by atoms with Gasteiger partial charge in [-0.3, -0.25) is 0 Å². The SMILES string of the molecule is CCCNCc1ccc(N2CC(CO)OC(C)(C)C2)nc1. The molecule has 118 valence electrons. The summed E-state index contributed by atoms with van der Waals surface area (Å²) < 4.78 is 5.83. The summed E-state index contributed by atoms with van der Waals surface area (Å²) in [6.45, 7) is 9.64. The van der Waals surface area contributed by atoms with Crippen LogP contribution in [-0.4, -0.2) is 48.0 Å². The normalized spacial score (nSPS) is 21.5. The van der Waals surface area contributed by atoms with E-state index in [0.29, 0.717) is 6.54 Å². The zero-order valence-corrected chi connectivity index (χ0v) is 13.3. The number of nitrogens with zero attached hydrogens (tertiary/aromatic N) is 2. The molecule has 0 bridgehead atoms. The molecule has 5 nitrogen and oxygen atoms in total. The van der Waals surface area contributed by atoms with Crippen molar-refractivity contribution in [2.75, 3.05) is 31.1 Å². The number of nitrogens with one attached hydrogen (secondary N) is 1. The number of aromatic nitrogens is 1. The molecule has 1 fully saturated rings. The Morgan fingerprint density at radius 1 is 1.48 bits per heavy atom. The van der Waals surface area contributed by atoms with Crippen molar-refractivity contribution in [3.63, 3.8) is 0 Å². The highest BCUT2D eigenvalue weighted by Crippen LogP contribution is 2.24. The van der Waals surface area contributed by atoms with Gasteiger partial charge >= 0.3 is 0 Å². The van der Waals surface area contributed by atoms with E-state index in [9.17, 15) is 5.11 Å². The molecule has 1 saturated heterocycles. The summed E-state index contributed by atoms with van der Waals surface area (Å²) in [5, 5.41) is 12.7. The number of morpholine rings is 1. The minimum Gasteiger partial charge on any atom is -0.394 e. The molecule has 0 amide bonds. The van der Waals surface area contributed by atoms with Gasteiger partial charge in [0, 0.05) is 25.8 Å². The number of hydrogen-bond acceptors (Lipinski definition) is 5. The van der Waals surface area contributed by atoms with Crippen LogP contribution in [0.4, 0.5) is 5.82 Å². The van der Waals surface area contributed by atoms with Crippen LogP contribution in [-0.2, 0) is 11.3 Å². The van der Waals surface area contributed by atoms with Crippen molar-refractivity contribution in [2.45, 2.75) is 45.4 Å². The van der Waals surface area contributed by atoms with Crippen molar-refractivity contribution < 1.29 is 9.84 Å². The largest absolute Gasteiger partial charge is 0.394 e. The zero-order valence-electron chi connectivity index (χ0n) is 13.3. The van der Waals surface area contributed by atoms with E-state index < -0.39 is 0 Å². The van der Waals surface area contributed by atoms with E-state index in [4.69, 9.17) is 4.74 Å². The Bertz CT molecular complexity index is 434. The van der Waals surface area contributed by atoms with Crippen molar-refractivity contribution in [1.82, 2.24) is 10.3 Å². The van der Waals surface area contributed by atoms with Crippen molar-refractivity contribution in [1.29, 1.82) is 0 Å². The van der Waals surface area contributed by atoms with Crippen LogP contribution >= 0.6 is 0 Å². The lowest BCUT2D eigenvalue weighted by atomic mass is 10.1. The molecule has 1 unspecified atom stereocenters. The Morgan fingerprint density at radius 3 is 2.90 bits per heavy atom. The number of rotatable bonds is 6. The van der Waals surface area contributed by atoms with E-state index in [0.717, 1.165) is 31.9 Å². The summed E-state index contributed by atoms with van der Waals surface area (Å²) in [6, 6.07) is 4.17. The monoisotopic (exact) mass is 293 g/mol. The Kier molecular flexibility index (Phi) is 5.56. The molecule has 0 spiro atoms. The molecule has 2 rings (SSSR count). The van der Waals surface area contributed by atoms with Crippen LogP contribution in [0.25, 0.3) is 0 Å². The summed E-state index contributed by atoms with van der Waals surface area (Å²) in [6.07, 6.45) is 2.91. The number of ether oxygens (including phenoxy) is 1. The summed E-state index contributed by atoms with van der Waals surface area (Å²) in [5.74, 6) is 0.948. The Morgan fingerprint density at radius 2 is 2.29 bits per heavy atom. The van der Waals surface area contributed by atoms with Gasteiger partial charge in [-0.05, 0) is 38.4 Å². The van der Waals surface area contributed by atoms with Gasteiger partial charge in [-0.1, -0.05) is 13.0 Å². The van der Waals surface area contributed by atoms with E-state index in [2.05, 4.69) is 34.3 Å². The van der Waals surface area contributed by atoms with E-state index in [1.54, 1.807) is 0 Å². The van der Waals surface area contributed by atoms with Crippen molar-refractivity contribution >= 4 is 5.82 Å². The number of aliphatic hydroxyl groups is 1. The van der Waals surface area contributed by atoms with Crippen molar-refractivity contribution in [3.05, 3.63) is 23.9 Å². The summed E-state index contributed by atoms with van der Waals surface area (Å²) in [4.78, 5) is 6.75. The maximum atomic E-state index is 9.37. The lowest BCUT2D eigenvalue weighted by Gasteiger charge is -2.42. The van der Waals surface area contributed by atoms with Gasteiger partial charge in [0.25, 0.3) is 0 Å². The average molecular weight is 293 g/mol. The van der Waals surface area contributed by atoms with Crippen molar-refractivity contribution in [3.8, 4) is 0 Å². The van der Waals surface area contributed by atoms with Crippen LogP contribution in [0.1, 0.15) is 32.8 Å². The molecule has 2 N–H and O–H groups in total.